The molecule has 156 valence electrons. The molecule has 3 aromatic rings. The summed E-state index contributed by atoms with van der Waals surface area (Å²) in [4.78, 5) is 16.8. The maximum atomic E-state index is 13.4. The van der Waals surface area contributed by atoms with Gasteiger partial charge in [-0.25, -0.2) is 9.07 Å². The summed E-state index contributed by atoms with van der Waals surface area (Å²) in [5.41, 5.74) is 1.35. The molecule has 2 aromatic carbocycles. The van der Waals surface area contributed by atoms with Crippen LogP contribution in [0.3, 0.4) is 0 Å². The fourth-order valence-corrected chi connectivity index (χ4v) is 3.65. The third kappa shape index (κ3) is 5.25. The van der Waals surface area contributed by atoms with Crippen molar-refractivity contribution >= 4 is 21.8 Å². The zero-order valence-corrected chi connectivity index (χ0v) is 18.0. The molecule has 30 heavy (non-hydrogen) atoms. The molecule has 2 heterocycles. The molecular formula is C22H22BrFN4O2. The van der Waals surface area contributed by atoms with Crippen molar-refractivity contribution in [2.45, 2.75) is 13.3 Å². The number of hydrogen-bond acceptors (Lipinski definition) is 4. The first kappa shape index (κ1) is 20.6. The number of hydrogen-bond donors (Lipinski definition) is 0. The summed E-state index contributed by atoms with van der Waals surface area (Å²) in [6, 6.07) is 15.9. The zero-order valence-electron chi connectivity index (χ0n) is 16.4. The average Bonchev–Trinajstić information content (AvgIpc) is 3.22. The average molecular weight is 473 g/mol. The lowest BCUT2D eigenvalue weighted by Crippen LogP contribution is -2.48. The Morgan fingerprint density at radius 1 is 1.07 bits per heavy atom. The van der Waals surface area contributed by atoms with Crippen LogP contribution in [0, 0.1) is 5.82 Å². The molecule has 0 atom stereocenters. The molecule has 0 spiro atoms. The van der Waals surface area contributed by atoms with Gasteiger partial charge >= 0.3 is 0 Å². The van der Waals surface area contributed by atoms with Gasteiger partial charge in [-0.15, -0.1) is 0 Å². The predicted octanol–water partition coefficient (Wildman–Crippen LogP) is 3.78. The van der Waals surface area contributed by atoms with E-state index in [2.05, 4.69) is 25.9 Å². The summed E-state index contributed by atoms with van der Waals surface area (Å²) in [7, 11) is 0. The summed E-state index contributed by atoms with van der Waals surface area (Å²) >= 11 is 3.39. The molecule has 1 fully saturated rings. The van der Waals surface area contributed by atoms with E-state index in [4.69, 9.17) is 4.74 Å². The molecule has 0 N–H and O–H groups in total. The third-order valence-electron chi connectivity index (χ3n) is 4.99. The number of nitrogens with zero attached hydrogens (tertiary/aromatic N) is 4. The number of rotatable bonds is 6. The highest BCUT2D eigenvalue weighted by molar-refractivity contribution is 9.10. The van der Waals surface area contributed by atoms with Gasteiger partial charge in [-0.2, -0.15) is 5.10 Å². The van der Waals surface area contributed by atoms with Gasteiger partial charge in [0.15, 0.2) is 12.4 Å². The van der Waals surface area contributed by atoms with E-state index in [9.17, 15) is 9.18 Å². The van der Waals surface area contributed by atoms with Gasteiger partial charge in [0.25, 0.3) is 5.91 Å². The summed E-state index contributed by atoms with van der Waals surface area (Å²) in [6.07, 6.45) is 1.74. The normalized spacial score (nSPS) is 14.7. The highest BCUT2D eigenvalue weighted by atomic mass is 79.9. The minimum absolute atomic E-state index is 0.0807. The van der Waals surface area contributed by atoms with Crippen molar-refractivity contribution in [2.24, 2.45) is 0 Å². The molecule has 1 aliphatic rings. The Kier molecular flexibility index (Phi) is 6.44. The van der Waals surface area contributed by atoms with Crippen molar-refractivity contribution in [1.82, 2.24) is 19.6 Å². The summed E-state index contributed by atoms with van der Waals surface area (Å²) in [5.74, 6) is 0.430. The second kappa shape index (κ2) is 9.40. The second-order valence-electron chi connectivity index (χ2n) is 7.17. The monoisotopic (exact) mass is 472 g/mol. The SMILES string of the molecule is O=C(c1ccn(COc2ccc(Br)cc2)n1)N1CCN(Cc2cccc(F)c2)CC1. The Hall–Kier alpha value is -2.71. The van der Waals surface area contributed by atoms with E-state index >= 15 is 0 Å². The minimum atomic E-state index is -0.221. The Labute approximate surface area is 183 Å². The van der Waals surface area contributed by atoms with Crippen molar-refractivity contribution in [3.63, 3.8) is 0 Å². The molecular weight excluding hydrogens is 451 g/mol. The summed E-state index contributed by atoms with van der Waals surface area (Å²) < 4.78 is 21.6. The van der Waals surface area contributed by atoms with Crippen molar-refractivity contribution in [3.05, 3.63) is 82.3 Å². The van der Waals surface area contributed by atoms with Gasteiger partial charge < -0.3 is 9.64 Å². The van der Waals surface area contributed by atoms with Crippen molar-refractivity contribution in [2.75, 3.05) is 26.2 Å². The van der Waals surface area contributed by atoms with E-state index in [1.807, 2.05) is 35.2 Å². The minimum Gasteiger partial charge on any atom is -0.471 e. The van der Waals surface area contributed by atoms with Gasteiger partial charge in [0.2, 0.25) is 0 Å². The Morgan fingerprint density at radius 3 is 2.57 bits per heavy atom. The maximum absolute atomic E-state index is 13.4. The maximum Gasteiger partial charge on any atom is 0.274 e. The topological polar surface area (TPSA) is 50.6 Å². The Bertz CT molecular complexity index is 1000. The van der Waals surface area contributed by atoms with Gasteiger partial charge in [0.1, 0.15) is 11.6 Å². The quantitative estimate of drug-likeness (QED) is 0.547. The number of amides is 1. The molecule has 0 saturated carbocycles. The van der Waals surface area contributed by atoms with E-state index in [0.717, 1.165) is 28.9 Å². The van der Waals surface area contributed by atoms with E-state index in [0.29, 0.717) is 25.3 Å². The van der Waals surface area contributed by atoms with Gasteiger partial charge in [-0.05, 0) is 48.0 Å². The smallest absolute Gasteiger partial charge is 0.274 e. The first-order chi connectivity index (χ1) is 14.6. The molecule has 0 unspecified atom stereocenters. The third-order valence-corrected chi connectivity index (χ3v) is 5.52. The zero-order chi connectivity index (χ0) is 20.9. The molecule has 1 aromatic heterocycles. The molecule has 4 rings (SSSR count). The number of aromatic nitrogens is 2. The molecule has 0 bridgehead atoms. The summed E-state index contributed by atoms with van der Waals surface area (Å²) in [6.45, 7) is 3.65. The number of carbonyl (C=O) groups is 1. The van der Waals surface area contributed by atoms with Crippen LogP contribution < -0.4 is 4.74 Å². The van der Waals surface area contributed by atoms with Gasteiger partial charge in [-0.1, -0.05) is 28.1 Å². The lowest BCUT2D eigenvalue weighted by atomic mass is 10.2. The summed E-state index contributed by atoms with van der Waals surface area (Å²) in [5, 5.41) is 4.35. The van der Waals surface area contributed by atoms with E-state index in [1.54, 1.807) is 29.1 Å². The van der Waals surface area contributed by atoms with Crippen LogP contribution in [0.5, 0.6) is 5.75 Å². The van der Waals surface area contributed by atoms with Gasteiger partial charge in [-0.3, -0.25) is 9.69 Å². The van der Waals surface area contributed by atoms with Crippen molar-refractivity contribution in [1.29, 1.82) is 0 Å². The first-order valence-corrected chi connectivity index (χ1v) is 10.5. The fourth-order valence-electron chi connectivity index (χ4n) is 3.38. The highest BCUT2D eigenvalue weighted by Gasteiger charge is 2.23. The van der Waals surface area contributed by atoms with Crippen LogP contribution in [-0.4, -0.2) is 51.7 Å². The van der Waals surface area contributed by atoms with Crippen molar-refractivity contribution in [3.8, 4) is 5.75 Å². The fraction of sp³-hybridized carbons (Fsp3) is 0.273. The number of halogens is 2. The van der Waals surface area contributed by atoms with Crippen LogP contribution >= 0.6 is 15.9 Å². The van der Waals surface area contributed by atoms with Crippen LogP contribution in [0.15, 0.2) is 65.3 Å². The van der Waals surface area contributed by atoms with Crippen LogP contribution in [0.2, 0.25) is 0 Å². The highest BCUT2D eigenvalue weighted by Crippen LogP contribution is 2.17. The van der Waals surface area contributed by atoms with E-state index < -0.39 is 0 Å². The number of ether oxygens (including phenoxy) is 1. The Morgan fingerprint density at radius 2 is 1.83 bits per heavy atom. The number of benzene rings is 2. The molecule has 1 aliphatic heterocycles. The molecule has 0 radical (unpaired) electrons. The molecule has 6 nitrogen and oxygen atoms in total. The second-order valence-corrected chi connectivity index (χ2v) is 8.08. The van der Waals surface area contributed by atoms with Crippen LogP contribution in [0.1, 0.15) is 16.1 Å². The van der Waals surface area contributed by atoms with Crippen LogP contribution in [0.25, 0.3) is 0 Å². The van der Waals surface area contributed by atoms with E-state index in [-0.39, 0.29) is 18.5 Å². The van der Waals surface area contributed by atoms with Crippen molar-refractivity contribution < 1.29 is 13.9 Å². The van der Waals surface area contributed by atoms with E-state index in [1.165, 1.54) is 6.07 Å². The molecule has 8 heteroatoms. The molecule has 0 aliphatic carbocycles. The standard InChI is InChI=1S/C22H22BrFN4O2/c23-18-4-6-20(7-5-18)30-16-28-9-8-21(25-28)22(29)27-12-10-26(11-13-27)15-17-2-1-3-19(24)14-17/h1-9,14H,10-13,15-16H2. The Balaban J connectivity index is 1.27. The molecule has 1 amide bonds. The van der Waals surface area contributed by atoms with Crippen LogP contribution in [-0.2, 0) is 13.3 Å². The number of piperazine rings is 1. The predicted molar refractivity (Wildman–Crippen MR) is 115 cm³/mol. The largest absolute Gasteiger partial charge is 0.471 e. The van der Waals surface area contributed by atoms with Gasteiger partial charge in [0.05, 0.1) is 0 Å². The lowest BCUT2D eigenvalue weighted by Gasteiger charge is -2.34. The first-order valence-electron chi connectivity index (χ1n) is 9.75. The lowest BCUT2D eigenvalue weighted by molar-refractivity contribution is 0.0620. The van der Waals surface area contributed by atoms with Crippen LogP contribution in [0.4, 0.5) is 4.39 Å². The number of carbonyl (C=O) groups excluding carboxylic acids is 1. The van der Waals surface area contributed by atoms with Gasteiger partial charge in [0, 0.05) is 43.4 Å². The molecule has 1 saturated heterocycles.